The van der Waals surface area contributed by atoms with Crippen LogP contribution < -0.4 is 5.32 Å². The maximum atomic E-state index is 12.9. The minimum atomic E-state index is -3.65. The average Bonchev–Trinajstić information content (AvgIpc) is 2.63. The zero-order chi connectivity index (χ0) is 17.9. The fraction of sp³-hybridized carbons (Fsp3) is 0.294. The van der Waals surface area contributed by atoms with E-state index in [1.54, 1.807) is 18.2 Å². The number of nitrogens with zero attached hydrogens (tertiary/aromatic N) is 2. The molecule has 132 valence electrons. The Morgan fingerprint density at radius 3 is 2.56 bits per heavy atom. The van der Waals surface area contributed by atoms with E-state index in [0.717, 1.165) is 19.3 Å². The molecular formula is C17H18ClN3O3S. The lowest BCUT2D eigenvalue weighted by atomic mass is 10.2. The van der Waals surface area contributed by atoms with Crippen molar-refractivity contribution in [2.75, 3.05) is 18.4 Å². The van der Waals surface area contributed by atoms with Crippen molar-refractivity contribution in [3.63, 3.8) is 0 Å². The lowest BCUT2D eigenvalue weighted by Gasteiger charge is -2.26. The average molecular weight is 380 g/mol. The fourth-order valence-corrected chi connectivity index (χ4v) is 4.62. The van der Waals surface area contributed by atoms with Crippen LogP contribution in [0.15, 0.2) is 47.5 Å². The number of piperidine rings is 1. The van der Waals surface area contributed by atoms with Gasteiger partial charge in [0.05, 0.1) is 5.69 Å². The van der Waals surface area contributed by atoms with Crippen molar-refractivity contribution in [1.82, 2.24) is 9.29 Å². The van der Waals surface area contributed by atoms with Crippen molar-refractivity contribution in [3.8, 4) is 0 Å². The molecule has 1 fully saturated rings. The molecule has 1 amide bonds. The monoisotopic (exact) mass is 379 g/mol. The Kier molecular flexibility index (Phi) is 5.36. The molecule has 1 aliphatic heterocycles. The van der Waals surface area contributed by atoms with Gasteiger partial charge in [-0.25, -0.2) is 13.4 Å². The Labute approximate surface area is 151 Å². The molecule has 1 aromatic carbocycles. The predicted octanol–water partition coefficient (Wildman–Crippen LogP) is 3.16. The number of sulfonamides is 1. The minimum Gasteiger partial charge on any atom is -0.321 e. The third-order valence-corrected chi connectivity index (χ3v) is 6.22. The number of hydrogen-bond acceptors (Lipinski definition) is 4. The van der Waals surface area contributed by atoms with Crippen LogP contribution in [-0.2, 0) is 10.0 Å². The van der Waals surface area contributed by atoms with Crippen molar-refractivity contribution in [2.45, 2.75) is 24.2 Å². The van der Waals surface area contributed by atoms with E-state index in [9.17, 15) is 13.2 Å². The summed E-state index contributed by atoms with van der Waals surface area (Å²) < 4.78 is 27.3. The number of benzene rings is 1. The molecular weight excluding hydrogens is 362 g/mol. The first kappa shape index (κ1) is 17.8. The van der Waals surface area contributed by atoms with Crippen molar-refractivity contribution < 1.29 is 13.2 Å². The largest absolute Gasteiger partial charge is 0.321 e. The highest BCUT2D eigenvalue weighted by molar-refractivity contribution is 7.89. The number of pyridine rings is 1. The van der Waals surface area contributed by atoms with Crippen LogP contribution in [-0.4, -0.2) is 36.7 Å². The SMILES string of the molecule is O=C(Nc1ccccc1S(=O)(=O)N1CCCCC1)c1ccnc(Cl)c1. The van der Waals surface area contributed by atoms with E-state index in [1.807, 2.05) is 0 Å². The first-order valence-corrected chi connectivity index (χ1v) is 9.82. The Morgan fingerprint density at radius 2 is 1.84 bits per heavy atom. The molecule has 0 saturated carbocycles. The van der Waals surface area contributed by atoms with Crippen LogP contribution in [0.2, 0.25) is 5.15 Å². The quantitative estimate of drug-likeness (QED) is 0.827. The lowest BCUT2D eigenvalue weighted by Crippen LogP contribution is -2.36. The van der Waals surface area contributed by atoms with Crippen LogP contribution in [0, 0.1) is 0 Å². The highest BCUT2D eigenvalue weighted by Crippen LogP contribution is 2.27. The van der Waals surface area contributed by atoms with Crippen LogP contribution in [0.4, 0.5) is 5.69 Å². The molecule has 0 bridgehead atoms. The van der Waals surface area contributed by atoms with Crippen molar-refractivity contribution >= 4 is 33.2 Å². The van der Waals surface area contributed by atoms with E-state index in [2.05, 4.69) is 10.3 Å². The number of nitrogens with one attached hydrogen (secondary N) is 1. The maximum absolute atomic E-state index is 12.9. The lowest BCUT2D eigenvalue weighted by molar-refractivity contribution is 0.102. The van der Waals surface area contributed by atoms with E-state index in [-0.39, 0.29) is 15.7 Å². The summed E-state index contributed by atoms with van der Waals surface area (Å²) in [5.41, 5.74) is 0.566. The first-order valence-electron chi connectivity index (χ1n) is 8.00. The van der Waals surface area contributed by atoms with Crippen LogP contribution in [0.25, 0.3) is 0 Å². The number of hydrogen-bond donors (Lipinski definition) is 1. The standard InChI is InChI=1S/C17H18ClN3O3S/c18-16-12-13(8-9-19-16)17(22)20-14-6-2-3-7-15(14)25(23,24)21-10-4-1-5-11-21/h2-3,6-9,12H,1,4-5,10-11H2,(H,20,22). The van der Waals surface area contributed by atoms with Crippen LogP contribution in [0.5, 0.6) is 0 Å². The zero-order valence-corrected chi connectivity index (χ0v) is 15.1. The van der Waals surface area contributed by atoms with Crippen LogP contribution in [0.1, 0.15) is 29.6 Å². The van der Waals surface area contributed by atoms with Crippen molar-refractivity contribution in [3.05, 3.63) is 53.3 Å². The molecule has 0 radical (unpaired) electrons. The molecule has 2 aromatic rings. The van der Waals surface area contributed by atoms with Gasteiger partial charge >= 0.3 is 0 Å². The Morgan fingerprint density at radius 1 is 1.12 bits per heavy atom. The molecule has 0 atom stereocenters. The number of anilines is 1. The second kappa shape index (κ2) is 7.51. The van der Waals surface area contributed by atoms with Gasteiger partial charge in [0.1, 0.15) is 10.0 Å². The number of halogens is 1. The van der Waals surface area contributed by atoms with E-state index >= 15 is 0 Å². The molecule has 2 heterocycles. The van der Waals surface area contributed by atoms with Crippen molar-refractivity contribution in [2.24, 2.45) is 0 Å². The number of carbonyl (C=O) groups is 1. The topological polar surface area (TPSA) is 79.4 Å². The summed E-state index contributed by atoms with van der Waals surface area (Å²) in [6, 6.07) is 9.37. The molecule has 1 aliphatic rings. The summed E-state index contributed by atoms with van der Waals surface area (Å²) in [5, 5.41) is 2.86. The van der Waals surface area contributed by atoms with Gasteiger partial charge in [-0.15, -0.1) is 0 Å². The van der Waals surface area contributed by atoms with Gasteiger partial charge < -0.3 is 5.32 Å². The molecule has 0 aliphatic carbocycles. The number of carbonyl (C=O) groups excluding carboxylic acids is 1. The highest BCUT2D eigenvalue weighted by atomic mass is 35.5. The van der Waals surface area contributed by atoms with E-state index in [0.29, 0.717) is 18.7 Å². The number of aromatic nitrogens is 1. The normalized spacial score (nSPS) is 15.7. The van der Waals surface area contributed by atoms with Gasteiger partial charge in [-0.3, -0.25) is 4.79 Å². The third-order valence-electron chi connectivity index (χ3n) is 4.06. The molecule has 25 heavy (non-hydrogen) atoms. The molecule has 6 nitrogen and oxygen atoms in total. The summed E-state index contributed by atoms with van der Waals surface area (Å²) in [6.45, 7) is 1.01. The van der Waals surface area contributed by atoms with Gasteiger partial charge in [-0.2, -0.15) is 4.31 Å². The van der Waals surface area contributed by atoms with Crippen molar-refractivity contribution in [1.29, 1.82) is 0 Å². The number of para-hydroxylation sites is 1. The summed E-state index contributed by atoms with van der Waals surface area (Å²) in [5.74, 6) is -0.439. The maximum Gasteiger partial charge on any atom is 0.255 e. The zero-order valence-electron chi connectivity index (χ0n) is 13.5. The summed E-state index contributed by atoms with van der Waals surface area (Å²) >= 11 is 5.80. The van der Waals surface area contributed by atoms with E-state index in [1.165, 1.54) is 28.7 Å². The first-order chi connectivity index (χ1) is 12.0. The molecule has 1 saturated heterocycles. The molecule has 0 unspecified atom stereocenters. The van der Waals surface area contributed by atoms with Gasteiger partial charge in [-0.1, -0.05) is 30.2 Å². The smallest absolute Gasteiger partial charge is 0.255 e. The summed E-state index contributed by atoms with van der Waals surface area (Å²) in [6.07, 6.45) is 4.16. The Hall–Kier alpha value is -1.96. The van der Waals surface area contributed by atoms with Crippen LogP contribution >= 0.6 is 11.6 Å². The number of amides is 1. The highest BCUT2D eigenvalue weighted by Gasteiger charge is 2.28. The van der Waals surface area contributed by atoms with E-state index in [4.69, 9.17) is 11.6 Å². The molecule has 3 rings (SSSR count). The molecule has 0 spiro atoms. The molecule has 8 heteroatoms. The Bertz CT molecular complexity index is 880. The van der Waals surface area contributed by atoms with Crippen LogP contribution in [0.3, 0.4) is 0 Å². The van der Waals surface area contributed by atoms with Gasteiger partial charge in [0.25, 0.3) is 5.91 Å². The van der Waals surface area contributed by atoms with Gasteiger partial charge in [-0.05, 0) is 37.1 Å². The second-order valence-electron chi connectivity index (χ2n) is 5.78. The van der Waals surface area contributed by atoms with Gasteiger partial charge in [0, 0.05) is 24.8 Å². The predicted molar refractivity (Wildman–Crippen MR) is 96.3 cm³/mol. The summed E-state index contributed by atoms with van der Waals surface area (Å²) in [4.78, 5) is 16.3. The van der Waals surface area contributed by atoms with E-state index < -0.39 is 15.9 Å². The van der Waals surface area contributed by atoms with Gasteiger partial charge in [0.2, 0.25) is 10.0 Å². The second-order valence-corrected chi connectivity index (χ2v) is 8.08. The molecule has 1 aromatic heterocycles. The Balaban J connectivity index is 1.89. The third kappa shape index (κ3) is 4.00. The fourth-order valence-electron chi connectivity index (χ4n) is 2.78. The summed E-state index contributed by atoms with van der Waals surface area (Å²) in [7, 11) is -3.65. The number of rotatable bonds is 4. The molecule has 1 N–H and O–H groups in total. The van der Waals surface area contributed by atoms with Gasteiger partial charge in [0.15, 0.2) is 0 Å². The minimum absolute atomic E-state index is 0.102.